The molecule has 3 aromatic rings. The van der Waals surface area contributed by atoms with E-state index < -0.39 is 48.8 Å². The molecule has 0 unspecified atom stereocenters. The van der Waals surface area contributed by atoms with Gasteiger partial charge in [-0.1, -0.05) is 0 Å². The van der Waals surface area contributed by atoms with E-state index in [1.165, 1.54) is 10.7 Å². The van der Waals surface area contributed by atoms with Crippen LogP contribution in [0.5, 0.6) is 5.88 Å². The Kier molecular flexibility index (Phi) is 8.37. The van der Waals surface area contributed by atoms with Crippen LogP contribution in [0.25, 0.3) is 5.65 Å². The molecule has 3 aromatic heterocycles. The van der Waals surface area contributed by atoms with Gasteiger partial charge in [0.1, 0.15) is 11.8 Å². The van der Waals surface area contributed by atoms with Crippen molar-refractivity contribution >= 4 is 17.5 Å². The van der Waals surface area contributed by atoms with Crippen LogP contribution in [0.1, 0.15) is 92.0 Å². The number of ether oxygens (including phenoxy) is 1. The summed E-state index contributed by atoms with van der Waals surface area (Å²) in [6.45, 7) is 1.97. The Morgan fingerprint density at radius 3 is 2.52 bits per heavy atom. The van der Waals surface area contributed by atoms with Crippen molar-refractivity contribution in [3.05, 3.63) is 41.5 Å². The third-order valence-corrected chi connectivity index (χ3v) is 7.67. The van der Waals surface area contributed by atoms with E-state index >= 15 is 0 Å². The van der Waals surface area contributed by atoms with Crippen LogP contribution in [-0.2, 0) is 4.79 Å². The van der Waals surface area contributed by atoms with Crippen LogP contribution in [-0.4, -0.2) is 50.3 Å². The lowest BCUT2D eigenvalue weighted by molar-refractivity contribution is -0.144. The second kappa shape index (κ2) is 11.8. The Morgan fingerprint density at radius 2 is 1.86 bits per heavy atom. The lowest BCUT2D eigenvalue weighted by atomic mass is 9.81. The van der Waals surface area contributed by atoms with E-state index in [0.717, 1.165) is 19.1 Å². The molecule has 42 heavy (non-hydrogen) atoms. The molecule has 10 nitrogen and oxygen atoms in total. The molecule has 2 fully saturated rings. The number of nitrogens with zero attached hydrogens (tertiary/aromatic N) is 4. The number of hydrogen-bond acceptors (Lipinski definition) is 7. The predicted octanol–water partition coefficient (Wildman–Crippen LogP) is 5.32. The summed E-state index contributed by atoms with van der Waals surface area (Å²) in [6, 6.07) is 0.416. The molecule has 2 aliphatic carbocycles. The highest BCUT2D eigenvalue weighted by Gasteiger charge is 2.40. The summed E-state index contributed by atoms with van der Waals surface area (Å²) in [7, 11) is 0. The molecule has 0 aliphatic heterocycles. The average Bonchev–Trinajstić information content (AvgIpc) is 3.51. The fourth-order valence-electron chi connectivity index (χ4n) is 5.30. The van der Waals surface area contributed by atoms with Crippen molar-refractivity contribution in [2.24, 2.45) is 11.8 Å². The zero-order valence-corrected chi connectivity index (χ0v) is 22.8. The highest BCUT2D eigenvalue weighted by molar-refractivity contribution is 5.96. The Bertz CT molecular complexity index is 1410. The molecule has 5 rings (SSSR count). The van der Waals surface area contributed by atoms with Gasteiger partial charge in [-0.3, -0.25) is 9.59 Å². The van der Waals surface area contributed by atoms with Gasteiger partial charge in [0, 0.05) is 19.3 Å². The number of nitrogens with one attached hydrogen (secondary N) is 2. The van der Waals surface area contributed by atoms with Gasteiger partial charge < -0.3 is 19.9 Å². The number of aromatic nitrogens is 4. The fourth-order valence-corrected chi connectivity index (χ4v) is 5.30. The molecule has 0 radical (unpaired) electrons. The third-order valence-electron chi connectivity index (χ3n) is 7.67. The summed E-state index contributed by atoms with van der Waals surface area (Å²) >= 11 is 0. The van der Waals surface area contributed by atoms with Crippen molar-refractivity contribution in [2.45, 2.75) is 82.5 Å². The van der Waals surface area contributed by atoms with Crippen molar-refractivity contribution in [1.29, 1.82) is 0 Å². The standard InChI is InChI=1S/C27H31F5N6O4/c1-2-41-25-18(14-42-37-25)24(40)36-23(16-5-8-26(28,29)9-6-16)19-13-38-20(34-19)11-17(12-33-38)22(15-3-4-15)35-21(39)7-10-27(30,31)32/h11-16,22-23H,2-10H2,1H3,(H,35,39)(H,36,40)/t22-,23+/m1/s1. The van der Waals surface area contributed by atoms with Crippen LogP contribution in [0.15, 0.2) is 29.2 Å². The topological polar surface area (TPSA) is 124 Å². The van der Waals surface area contributed by atoms with Crippen LogP contribution < -0.4 is 15.4 Å². The summed E-state index contributed by atoms with van der Waals surface area (Å²) in [4.78, 5) is 30.2. The van der Waals surface area contributed by atoms with Crippen molar-refractivity contribution < 1.29 is 40.8 Å². The molecule has 228 valence electrons. The summed E-state index contributed by atoms with van der Waals surface area (Å²) in [6.07, 6.45) is -0.781. The van der Waals surface area contributed by atoms with Gasteiger partial charge in [-0.05, 0) is 61.2 Å². The van der Waals surface area contributed by atoms with E-state index in [2.05, 4.69) is 25.9 Å². The van der Waals surface area contributed by atoms with E-state index in [1.807, 2.05) is 0 Å². The summed E-state index contributed by atoms with van der Waals surface area (Å²) in [5.41, 5.74) is 1.42. The highest BCUT2D eigenvalue weighted by atomic mass is 19.4. The molecule has 15 heteroatoms. The van der Waals surface area contributed by atoms with Gasteiger partial charge in [0.15, 0.2) is 5.65 Å². The minimum atomic E-state index is -4.43. The van der Waals surface area contributed by atoms with Gasteiger partial charge in [0.05, 0.1) is 43.2 Å². The lowest BCUT2D eigenvalue weighted by Crippen LogP contribution is -2.37. The lowest BCUT2D eigenvalue weighted by Gasteiger charge is -2.33. The molecule has 0 spiro atoms. The zero-order chi connectivity index (χ0) is 30.1. The molecule has 0 aromatic carbocycles. The van der Waals surface area contributed by atoms with Crippen LogP contribution in [0.3, 0.4) is 0 Å². The summed E-state index contributed by atoms with van der Waals surface area (Å²) in [5, 5.41) is 13.7. The number of halogens is 5. The molecule has 0 saturated heterocycles. The first-order valence-corrected chi connectivity index (χ1v) is 13.9. The van der Waals surface area contributed by atoms with Crippen LogP contribution in [0.4, 0.5) is 22.0 Å². The van der Waals surface area contributed by atoms with Crippen LogP contribution >= 0.6 is 0 Å². The van der Waals surface area contributed by atoms with E-state index in [1.54, 1.807) is 19.2 Å². The SMILES string of the molecule is CCOc1nocc1C(=O)N[C@H](c1cn2ncc([C@H](NC(=O)CCC(F)(F)F)C3CC3)cc2n1)C1CCC(F)(F)CC1. The number of hydrogen-bond donors (Lipinski definition) is 2. The molecule has 0 bridgehead atoms. The Hall–Kier alpha value is -3.78. The fraction of sp³-hybridized carbons (Fsp3) is 0.593. The number of carbonyl (C=O) groups excluding carboxylic acids is 2. The first-order valence-electron chi connectivity index (χ1n) is 13.9. The first-order chi connectivity index (χ1) is 19.9. The number of carbonyl (C=O) groups is 2. The molecule has 2 saturated carbocycles. The minimum absolute atomic E-state index is 0.00800. The maximum atomic E-state index is 14.0. The largest absolute Gasteiger partial charge is 0.475 e. The van der Waals surface area contributed by atoms with Gasteiger partial charge >= 0.3 is 6.18 Å². The monoisotopic (exact) mass is 598 g/mol. The Labute approximate surface area is 237 Å². The van der Waals surface area contributed by atoms with Gasteiger partial charge in [-0.15, -0.1) is 0 Å². The third kappa shape index (κ3) is 7.16. The molecule has 2 atom stereocenters. The van der Waals surface area contributed by atoms with Gasteiger partial charge in [0.2, 0.25) is 11.8 Å². The van der Waals surface area contributed by atoms with E-state index in [9.17, 15) is 31.5 Å². The van der Waals surface area contributed by atoms with Crippen molar-refractivity contribution in [1.82, 2.24) is 30.4 Å². The average molecular weight is 599 g/mol. The van der Waals surface area contributed by atoms with E-state index in [0.29, 0.717) is 16.9 Å². The normalized spacial score (nSPS) is 18.9. The Balaban J connectivity index is 1.39. The smallest absolute Gasteiger partial charge is 0.389 e. The number of imidazole rings is 1. The molecule has 3 heterocycles. The zero-order valence-electron chi connectivity index (χ0n) is 22.8. The highest BCUT2D eigenvalue weighted by Crippen LogP contribution is 2.43. The van der Waals surface area contributed by atoms with Gasteiger partial charge in [-0.25, -0.2) is 18.3 Å². The quantitative estimate of drug-likeness (QED) is 0.286. The van der Waals surface area contributed by atoms with Crippen molar-refractivity contribution in [2.75, 3.05) is 6.61 Å². The minimum Gasteiger partial charge on any atom is -0.475 e. The van der Waals surface area contributed by atoms with Gasteiger partial charge in [-0.2, -0.15) is 18.3 Å². The molecule has 2 N–H and O–H groups in total. The predicted molar refractivity (Wildman–Crippen MR) is 137 cm³/mol. The van der Waals surface area contributed by atoms with Gasteiger partial charge in [0.25, 0.3) is 11.8 Å². The molecule has 2 amide bonds. The summed E-state index contributed by atoms with van der Waals surface area (Å²) in [5.74, 6) is -4.32. The van der Waals surface area contributed by atoms with Crippen LogP contribution in [0.2, 0.25) is 0 Å². The molecular weight excluding hydrogens is 567 g/mol. The number of fused-ring (bicyclic) bond motifs is 1. The number of amides is 2. The maximum Gasteiger partial charge on any atom is 0.389 e. The van der Waals surface area contributed by atoms with E-state index in [4.69, 9.17) is 9.26 Å². The number of alkyl halides is 5. The second-order valence-corrected chi connectivity index (χ2v) is 10.9. The van der Waals surface area contributed by atoms with Crippen LogP contribution in [0, 0.1) is 11.8 Å². The molecular formula is C27H31F5N6O4. The molecule has 2 aliphatic rings. The van der Waals surface area contributed by atoms with Crippen molar-refractivity contribution in [3.8, 4) is 5.88 Å². The van der Waals surface area contributed by atoms with Crippen molar-refractivity contribution in [3.63, 3.8) is 0 Å². The maximum absolute atomic E-state index is 14.0. The number of rotatable bonds is 11. The second-order valence-electron chi connectivity index (χ2n) is 10.9. The van der Waals surface area contributed by atoms with E-state index in [-0.39, 0.29) is 55.6 Å². The first kappa shape index (κ1) is 29.7. The Morgan fingerprint density at radius 1 is 1.14 bits per heavy atom. The summed E-state index contributed by atoms with van der Waals surface area (Å²) < 4.78 is 77.5.